The van der Waals surface area contributed by atoms with Crippen LogP contribution >= 0.6 is 17.8 Å². The van der Waals surface area contributed by atoms with Crippen LogP contribution < -0.4 is 8.86 Å². The van der Waals surface area contributed by atoms with Gasteiger partial charge in [-0.2, -0.15) is 0 Å². The molecule has 3 nitrogen and oxygen atoms in total. The van der Waals surface area contributed by atoms with Crippen LogP contribution in [0.2, 0.25) is 0 Å². The molecule has 2 radical (unpaired) electrons. The number of nitrogens with one attached hydrogen (secondary N) is 1. The number of guanidine groups is 1. The van der Waals surface area contributed by atoms with Gasteiger partial charge in [-0.05, 0) is 0 Å². The molecular formula is C7H18IN3Pb. The predicted molar refractivity (Wildman–Crippen MR) is 65.7 cm³/mol. The van der Waals surface area contributed by atoms with Crippen LogP contribution in [0.25, 0.3) is 0 Å². The van der Waals surface area contributed by atoms with Crippen molar-refractivity contribution in [1.82, 2.24) is 3.13 Å². The van der Waals surface area contributed by atoms with Crippen molar-refractivity contribution in [2.24, 2.45) is 10.7 Å². The van der Waals surface area contributed by atoms with Gasteiger partial charge in [0.15, 0.2) is 0 Å². The van der Waals surface area contributed by atoms with E-state index < -0.39 is 20.2 Å². The molecule has 0 aliphatic heterocycles. The standard InChI is InChI=1S/C5H12N3.C2H6.HI.Pb/c1-2-3-4-8-5(6)7;1-2;;/h2-4H2,1H3,(H3-,6,7,8);1-2H3;1H;/q-1;;;+2/p-1. The molecule has 12 heavy (non-hydrogen) atoms. The Balaban J connectivity index is 0. The Hall–Kier alpha value is 0.922. The van der Waals surface area contributed by atoms with Gasteiger partial charge in [-0.15, -0.1) is 0 Å². The number of aliphatic imine (C=N–C) groups is 1. The van der Waals surface area contributed by atoms with Gasteiger partial charge >= 0.3 is 84.1 Å². The second-order valence-corrected chi connectivity index (χ2v) is 8.28. The van der Waals surface area contributed by atoms with Gasteiger partial charge in [0.05, 0.1) is 0 Å². The third-order valence-electron chi connectivity index (χ3n) is 0.969. The minimum absolute atomic E-state index is 0.612. The second kappa shape index (κ2) is 14.4. The molecule has 72 valence electrons. The second-order valence-electron chi connectivity index (χ2n) is 1.84. The van der Waals surface area contributed by atoms with E-state index in [-0.39, 0.29) is 0 Å². The van der Waals surface area contributed by atoms with Crippen LogP contribution in [0.15, 0.2) is 4.99 Å². The minimum atomic E-state index is -0.612. The van der Waals surface area contributed by atoms with Crippen LogP contribution in [0.4, 0.5) is 0 Å². The van der Waals surface area contributed by atoms with E-state index in [1.54, 1.807) is 0 Å². The Kier molecular flexibility index (Phi) is 18.5. The number of hydrogen-bond acceptors (Lipinski definition) is 1. The number of hydrogen-bond donors (Lipinski definition) is 2. The van der Waals surface area contributed by atoms with E-state index in [1.807, 2.05) is 13.8 Å². The van der Waals surface area contributed by atoms with Gasteiger partial charge in [0.1, 0.15) is 0 Å². The predicted octanol–water partition coefficient (Wildman–Crippen LogP) is 1.69. The van der Waals surface area contributed by atoms with E-state index in [4.69, 9.17) is 5.73 Å². The van der Waals surface area contributed by atoms with Crippen LogP contribution in [0, 0.1) is 0 Å². The van der Waals surface area contributed by atoms with Crippen LogP contribution in [0.1, 0.15) is 33.6 Å². The Morgan fingerprint density at radius 1 is 1.58 bits per heavy atom. The summed E-state index contributed by atoms with van der Waals surface area (Å²) in [5, 5.41) is 0. The Bertz CT molecular complexity index is 109. The molecule has 0 saturated carbocycles. The van der Waals surface area contributed by atoms with Crippen molar-refractivity contribution in [3.05, 3.63) is 0 Å². The summed E-state index contributed by atoms with van der Waals surface area (Å²) in [6, 6.07) is 0. The molecule has 0 heterocycles. The Labute approximate surface area is 97.1 Å². The van der Waals surface area contributed by atoms with Gasteiger partial charge in [0.25, 0.3) is 0 Å². The first-order valence-electron chi connectivity index (χ1n) is 4.22. The van der Waals surface area contributed by atoms with Crippen LogP contribution in [0.5, 0.6) is 0 Å². The van der Waals surface area contributed by atoms with Gasteiger partial charge in [-0.1, -0.05) is 13.8 Å². The van der Waals surface area contributed by atoms with Gasteiger partial charge in [0, 0.05) is 0 Å². The number of rotatable bonds is 4. The Morgan fingerprint density at radius 3 is 2.58 bits per heavy atom. The molecule has 0 aromatic rings. The maximum absolute atomic E-state index is 5.51. The zero-order valence-electron chi connectivity index (χ0n) is 8.02. The molecule has 0 atom stereocenters. The average Bonchev–Trinajstić information content (AvgIpc) is 2.09. The third-order valence-corrected chi connectivity index (χ3v) is 4.70. The van der Waals surface area contributed by atoms with Crippen molar-refractivity contribution in [3.63, 3.8) is 0 Å². The summed E-state index contributed by atoms with van der Waals surface area (Å²) in [6.07, 6.45) is 2.32. The molecule has 0 rings (SSSR count). The molecule has 0 saturated heterocycles. The molecule has 0 fully saturated rings. The monoisotopic (exact) mass is 479 g/mol. The normalized spacial score (nSPS) is 10.2. The molecule has 0 amide bonds. The van der Waals surface area contributed by atoms with E-state index >= 15 is 0 Å². The van der Waals surface area contributed by atoms with Crippen molar-refractivity contribution in [2.75, 3.05) is 6.54 Å². The van der Waals surface area contributed by atoms with Gasteiger partial charge < -0.3 is 0 Å². The molecule has 0 bridgehead atoms. The molecular weight excluding hydrogens is 460 g/mol. The first-order valence-corrected chi connectivity index (χ1v) is 17.1. The van der Waals surface area contributed by atoms with Crippen molar-refractivity contribution in [3.8, 4) is 0 Å². The van der Waals surface area contributed by atoms with Crippen molar-refractivity contribution >= 4 is 44.0 Å². The summed E-state index contributed by atoms with van der Waals surface area (Å²) < 4.78 is 3.11. The first kappa shape index (κ1) is 15.4. The van der Waals surface area contributed by atoms with E-state index in [0.717, 1.165) is 13.0 Å². The van der Waals surface area contributed by atoms with Gasteiger partial charge in [0.2, 0.25) is 0 Å². The number of nitrogens with zero attached hydrogens (tertiary/aromatic N) is 1. The molecule has 3 N–H and O–H groups in total. The summed E-state index contributed by atoms with van der Waals surface area (Å²) in [7, 11) is 0. The zero-order chi connectivity index (χ0) is 9.82. The summed E-state index contributed by atoms with van der Waals surface area (Å²) in [6.45, 7) is 7.02. The van der Waals surface area contributed by atoms with Gasteiger partial charge in [-0.3, -0.25) is 0 Å². The number of unbranched alkanes of at least 4 members (excludes halogenated alkanes) is 1. The molecule has 0 spiro atoms. The molecule has 0 unspecified atom stereocenters. The first-order chi connectivity index (χ1) is 5.81. The van der Waals surface area contributed by atoms with E-state index in [2.05, 4.69) is 32.8 Å². The van der Waals surface area contributed by atoms with Crippen molar-refractivity contribution < 1.29 is 0 Å². The van der Waals surface area contributed by atoms with E-state index in [0.29, 0.717) is 5.96 Å². The third kappa shape index (κ3) is 13.5. The summed E-state index contributed by atoms with van der Waals surface area (Å²) in [5.41, 5.74) is 5.51. The zero-order valence-corrected chi connectivity index (χ0v) is 14.1. The van der Waals surface area contributed by atoms with Crippen LogP contribution in [-0.4, -0.2) is 32.7 Å². The summed E-state index contributed by atoms with van der Waals surface area (Å²) in [5.74, 6) is 0.645. The van der Waals surface area contributed by atoms with Crippen molar-refractivity contribution in [1.29, 1.82) is 0 Å². The average molecular weight is 478 g/mol. The van der Waals surface area contributed by atoms with E-state index in [1.165, 1.54) is 6.42 Å². The van der Waals surface area contributed by atoms with Crippen LogP contribution in [-0.2, 0) is 0 Å². The summed E-state index contributed by atoms with van der Waals surface area (Å²) >= 11 is 1.77. The van der Waals surface area contributed by atoms with Gasteiger partial charge in [-0.25, -0.2) is 0 Å². The maximum atomic E-state index is 5.51. The molecule has 0 aliphatic rings. The fourth-order valence-electron chi connectivity index (χ4n) is 0.446. The Morgan fingerprint density at radius 2 is 2.17 bits per heavy atom. The fourth-order valence-corrected chi connectivity index (χ4v) is 3.55. The van der Waals surface area contributed by atoms with Crippen molar-refractivity contribution in [2.45, 2.75) is 33.6 Å². The quantitative estimate of drug-likeness (QED) is 0.213. The topological polar surface area (TPSA) is 50.4 Å². The molecule has 0 aliphatic carbocycles. The number of nitrogens with two attached hydrogens (primary N) is 1. The molecule has 0 aromatic carbocycles. The van der Waals surface area contributed by atoms with E-state index in [9.17, 15) is 0 Å². The molecule has 5 heteroatoms. The fraction of sp³-hybridized carbons (Fsp3) is 0.857. The van der Waals surface area contributed by atoms with Crippen LogP contribution in [0.3, 0.4) is 0 Å². The number of halogens is 1. The SMILES string of the molecule is CC.CCCCN=C(N)[NH][Pb][I]. The summed E-state index contributed by atoms with van der Waals surface area (Å²) in [4.78, 5) is 4.13. The molecule has 0 aromatic heterocycles.